The standard InChI is InChI=1S/C21H26N4O/c1-13-14(2)21(23-3)24-19-11-6-15(22)12-18(19)20(13)25(4)16-7-9-17(26-5)10-8-16/h6-13,23H,22H2,1-5H3. The molecule has 0 aliphatic carbocycles. The topological polar surface area (TPSA) is 62.9 Å². The highest BCUT2D eigenvalue weighted by atomic mass is 16.5. The van der Waals surface area contributed by atoms with E-state index in [1.165, 1.54) is 11.3 Å². The highest BCUT2D eigenvalue weighted by molar-refractivity contribution is 5.71. The molecule has 5 heteroatoms. The number of nitrogen functional groups attached to an aromatic ring is 1. The van der Waals surface area contributed by atoms with Crippen LogP contribution in [0.4, 0.5) is 11.4 Å². The van der Waals surface area contributed by atoms with Crippen LogP contribution in [0, 0.1) is 5.92 Å². The highest BCUT2D eigenvalue weighted by Gasteiger charge is 2.22. The summed E-state index contributed by atoms with van der Waals surface area (Å²) >= 11 is 0. The third-order valence-corrected chi connectivity index (χ3v) is 5.02. The summed E-state index contributed by atoms with van der Waals surface area (Å²) in [4.78, 5) is 7.04. The number of benzene rings is 2. The fraction of sp³-hybridized carbons (Fsp3) is 0.286. The summed E-state index contributed by atoms with van der Waals surface area (Å²) in [6, 6.07) is 14.0. The molecule has 1 unspecified atom stereocenters. The van der Waals surface area contributed by atoms with Crippen molar-refractivity contribution in [2.75, 3.05) is 31.8 Å². The van der Waals surface area contributed by atoms with Crippen LogP contribution in [0.3, 0.4) is 0 Å². The Labute approximate surface area is 154 Å². The van der Waals surface area contributed by atoms with Crippen LogP contribution in [0.2, 0.25) is 0 Å². The second-order valence-electron chi connectivity index (χ2n) is 6.53. The Morgan fingerprint density at radius 1 is 1.15 bits per heavy atom. The van der Waals surface area contributed by atoms with E-state index in [0.717, 1.165) is 33.5 Å². The van der Waals surface area contributed by atoms with Crippen molar-refractivity contribution in [2.45, 2.75) is 13.8 Å². The molecule has 1 atom stereocenters. The average molecular weight is 350 g/mol. The van der Waals surface area contributed by atoms with Crippen molar-refractivity contribution in [1.82, 2.24) is 5.32 Å². The second-order valence-corrected chi connectivity index (χ2v) is 6.53. The van der Waals surface area contributed by atoms with Crippen molar-refractivity contribution in [1.29, 1.82) is 0 Å². The Bertz CT molecular complexity index is 960. The molecule has 0 amide bonds. The van der Waals surface area contributed by atoms with Crippen LogP contribution in [0.15, 0.2) is 58.9 Å². The maximum absolute atomic E-state index is 6.10. The maximum atomic E-state index is 6.10. The zero-order valence-corrected chi connectivity index (χ0v) is 16.0. The molecule has 1 heterocycles. The van der Waals surface area contributed by atoms with E-state index in [4.69, 9.17) is 15.5 Å². The van der Waals surface area contributed by atoms with Gasteiger partial charge in [-0.25, -0.2) is 4.99 Å². The summed E-state index contributed by atoms with van der Waals surface area (Å²) in [5, 5.41) is 5.20. The minimum atomic E-state index is 0.177. The van der Waals surface area contributed by atoms with Gasteiger partial charge in [-0.2, -0.15) is 0 Å². The predicted molar refractivity (Wildman–Crippen MR) is 107 cm³/mol. The van der Waals surface area contributed by atoms with Gasteiger partial charge >= 0.3 is 0 Å². The lowest BCUT2D eigenvalue weighted by Gasteiger charge is -2.28. The summed E-state index contributed by atoms with van der Waals surface area (Å²) < 4.78 is 5.28. The Balaban J connectivity index is 2.25. The van der Waals surface area contributed by atoms with Crippen molar-refractivity contribution in [2.24, 2.45) is 10.9 Å². The first-order chi connectivity index (χ1) is 12.5. The summed E-state index contributed by atoms with van der Waals surface area (Å²) in [6.45, 7) is 4.33. The van der Waals surface area contributed by atoms with Gasteiger partial charge in [-0.05, 0) is 55.0 Å². The average Bonchev–Trinajstić information content (AvgIpc) is 2.76. The lowest BCUT2D eigenvalue weighted by molar-refractivity contribution is 0.415. The molecule has 1 aliphatic heterocycles. The number of nitrogens with zero attached hydrogens (tertiary/aromatic N) is 2. The summed E-state index contributed by atoms with van der Waals surface area (Å²) in [7, 11) is 5.66. The fourth-order valence-electron chi connectivity index (χ4n) is 3.38. The Morgan fingerprint density at radius 3 is 2.46 bits per heavy atom. The van der Waals surface area contributed by atoms with Crippen molar-refractivity contribution in [3.63, 3.8) is 0 Å². The van der Waals surface area contributed by atoms with Gasteiger partial charge in [-0.15, -0.1) is 0 Å². The molecule has 3 N–H and O–H groups in total. The summed E-state index contributed by atoms with van der Waals surface area (Å²) in [6.07, 6.45) is 0. The predicted octanol–water partition coefficient (Wildman–Crippen LogP) is 2.24. The Hall–Kier alpha value is -2.95. The molecule has 1 aliphatic rings. The molecule has 5 nitrogen and oxygen atoms in total. The third kappa shape index (κ3) is 3.12. The van der Waals surface area contributed by atoms with E-state index in [1.807, 2.05) is 37.4 Å². The largest absolute Gasteiger partial charge is 0.497 e. The first-order valence-electron chi connectivity index (χ1n) is 8.71. The van der Waals surface area contributed by atoms with Crippen LogP contribution >= 0.6 is 0 Å². The molecule has 26 heavy (non-hydrogen) atoms. The van der Waals surface area contributed by atoms with Crippen LogP contribution in [-0.2, 0) is 0 Å². The molecule has 3 rings (SSSR count). The van der Waals surface area contributed by atoms with E-state index in [2.05, 4.69) is 43.2 Å². The van der Waals surface area contributed by atoms with Gasteiger partial charge in [0.25, 0.3) is 0 Å². The molecule has 0 radical (unpaired) electrons. The number of anilines is 2. The van der Waals surface area contributed by atoms with Gasteiger partial charge in [-0.3, -0.25) is 0 Å². The Kier molecular flexibility index (Phi) is 4.89. The maximum Gasteiger partial charge on any atom is 0.125 e. The zero-order valence-electron chi connectivity index (χ0n) is 16.0. The van der Waals surface area contributed by atoms with E-state index in [-0.39, 0.29) is 5.92 Å². The highest BCUT2D eigenvalue weighted by Crippen LogP contribution is 2.30. The zero-order chi connectivity index (χ0) is 18.8. The van der Waals surface area contributed by atoms with Crippen molar-refractivity contribution >= 4 is 17.1 Å². The number of fused-ring (bicyclic) bond motifs is 1. The number of rotatable bonds is 4. The van der Waals surface area contributed by atoms with Crippen molar-refractivity contribution in [3.8, 4) is 5.75 Å². The molecule has 2 aromatic carbocycles. The number of methoxy groups -OCH3 is 1. The van der Waals surface area contributed by atoms with Crippen LogP contribution in [0.5, 0.6) is 5.75 Å². The van der Waals surface area contributed by atoms with Crippen LogP contribution in [0.1, 0.15) is 13.8 Å². The van der Waals surface area contributed by atoms with E-state index < -0.39 is 0 Å². The van der Waals surface area contributed by atoms with Gasteiger partial charge in [-0.1, -0.05) is 6.92 Å². The molecule has 0 bridgehead atoms. The van der Waals surface area contributed by atoms with E-state index >= 15 is 0 Å². The molecule has 0 spiro atoms. The minimum absolute atomic E-state index is 0.177. The summed E-state index contributed by atoms with van der Waals surface area (Å²) in [5.41, 5.74) is 10.3. The van der Waals surface area contributed by atoms with Gasteiger partial charge in [0.1, 0.15) is 11.6 Å². The number of nitrogens with two attached hydrogens (primary N) is 1. The molecule has 0 fully saturated rings. The van der Waals surface area contributed by atoms with E-state index in [1.54, 1.807) is 7.11 Å². The van der Waals surface area contributed by atoms with Gasteiger partial charge in [0.05, 0.1) is 12.5 Å². The van der Waals surface area contributed by atoms with Crippen molar-refractivity contribution in [3.05, 3.63) is 64.4 Å². The first-order valence-corrected chi connectivity index (χ1v) is 8.71. The first kappa shape index (κ1) is 17.9. The van der Waals surface area contributed by atoms with Gasteiger partial charge in [0.2, 0.25) is 0 Å². The molecular weight excluding hydrogens is 324 g/mol. The van der Waals surface area contributed by atoms with Crippen LogP contribution < -0.4 is 31.3 Å². The number of ether oxygens (including phenoxy) is 1. The second kappa shape index (κ2) is 7.12. The van der Waals surface area contributed by atoms with Gasteiger partial charge in [0, 0.05) is 42.3 Å². The fourth-order valence-corrected chi connectivity index (χ4v) is 3.38. The van der Waals surface area contributed by atoms with Crippen LogP contribution in [0.25, 0.3) is 5.70 Å². The quantitative estimate of drug-likeness (QED) is 0.830. The lowest BCUT2D eigenvalue weighted by atomic mass is 9.96. The molecule has 0 saturated heterocycles. The lowest BCUT2D eigenvalue weighted by Crippen LogP contribution is -2.35. The number of nitrogens with one attached hydrogen (secondary N) is 1. The van der Waals surface area contributed by atoms with Crippen molar-refractivity contribution < 1.29 is 4.74 Å². The summed E-state index contributed by atoms with van der Waals surface area (Å²) in [5.74, 6) is 1.92. The normalized spacial score (nSPS) is 16.5. The SMILES string of the molecule is CNC1=C(C)C(C)C(N(C)c2ccc(OC)cc2)=c2cc(N)ccc2=N1. The third-order valence-electron chi connectivity index (χ3n) is 5.02. The smallest absolute Gasteiger partial charge is 0.125 e. The Morgan fingerprint density at radius 2 is 1.85 bits per heavy atom. The van der Waals surface area contributed by atoms with Crippen LogP contribution in [-0.4, -0.2) is 21.2 Å². The van der Waals surface area contributed by atoms with Gasteiger partial charge < -0.3 is 20.7 Å². The molecule has 2 aromatic rings. The van der Waals surface area contributed by atoms with E-state index in [0.29, 0.717) is 0 Å². The molecule has 0 saturated carbocycles. The monoisotopic (exact) mass is 350 g/mol. The number of hydrogen-bond donors (Lipinski definition) is 2. The molecular formula is C21H26N4O. The number of hydrogen-bond acceptors (Lipinski definition) is 5. The molecule has 0 aromatic heterocycles. The minimum Gasteiger partial charge on any atom is -0.497 e. The van der Waals surface area contributed by atoms with E-state index in [9.17, 15) is 0 Å². The van der Waals surface area contributed by atoms with Gasteiger partial charge in [0.15, 0.2) is 0 Å². The molecule has 136 valence electrons.